The van der Waals surface area contributed by atoms with E-state index in [0.717, 1.165) is 11.4 Å². The Balaban J connectivity index is 2.32. The van der Waals surface area contributed by atoms with Crippen LogP contribution < -0.4 is 21.1 Å². The number of amides is 1. The van der Waals surface area contributed by atoms with Crippen LogP contribution in [0, 0.1) is 0 Å². The molecule has 0 aliphatic rings. The fourth-order valence-electron chi connectivity index (χ4n) is 1.51. The van der Waals surface area contributed by atoms with E-state index in [1.54, 1.807) is 7.11 Å². The van der Waals surface area contributed by atoms with Crippen LogP contribution in [0.15, 0.2) is 29.3 Å². The normalized spacial score (nSPS) is 11.7. The molecule has 1 amide bonds. The number of ether oxygens (including phenoxy) is 2. The highest BCUT2D eigenvalue weighted by molar-refractivity contribution is 5.92. The molecule has 22 heavy (non-hydrogen) atoms. The number of nitrogens with two attached hydrogens (primary N) is 1. The van der Waals surface area contributed by atoms with Crippen LogP contribution in [0.3, 0.4) is 0 Å². The van der Waals surface area contributed by atoms with Crippen LogP contribution in [-0.2, 0) is 4.74 Å². The number of anilines is 1. The summed E-state index contributed by atoms with van der Waals surface area (Å²) in [6.45, 7) is 6.12. The molecule has 0 bridgehead atoms. The Morgan fingerprint density at radius 3 is 2.45 bits per heavy atom. The Hall–Kier alpha value is -2.44. The third-order valence-electron chi connectivity index (χ3n) is 2.42. The molecule has 1 aromatic carbocycles. The van der Waals surface area contributed by atoms with E-state index in [-0.39, 0.29) is 5.96 Å². The molecule has 0 saturated carbocycles. The summed E-state index contributed by atoms with van der Waals surface area (Å²) in [5.41, 5.74) is 6.05. The molecular weight excluding hydrogens is 284 g/mol. The number of rotatable bonds is 5. The average molecular weight is 308 g/mol. The van der Waals surface area contributed by atoms with Crippen molar-refractivity contribution in [3.63, 3.8) is 0 Å². The van der Waals surface area contributed by atoms with Gasteiger partial charge in [-0.3, -0.25) is 4.99 Å². The number of nitrogens with one attached hydrogen (secondary N) is 2. The van der Waals surface area contributed by atoms with Crippen LogP contribution in [0.1, 0.15) is 20.8 Å². The van der Waals surface area contributed by atoms with Gasteiger partial charge >= 0.3 is 6.09 Å². The minimum absolute atomic E-state index is 0.274. The molecule has 0 aliphatic heterocycles. The van der Waals surface area contributed by atoms with Gasteiger partial charge in [0.2, 0.25) is 0 Å². The van der Waals surface area contributed by atoms with Crippen LogP contribution in [-0.4, -0.2) is 37.9 Å². The molecule has 122 valence electrons. The summed E-state index contributed by atoms with van der Waals surface area (Å²) in [5, 5.41) is 5.55. The minimum Gasteiger partial charge on any atom is -0.497 e. The van der Waals surface area contributed by atoms with Gasteiger partial charge in [-0.25, -0.2) is 4.79 Å². The summed E-state index contributed by atoms with van der Waals surface area (Å²) >= 11 is 0. The Bertz CT molecular complexity index is 507. The van der Waals surface area contributed by atoms with Gasteiger partial charge in [0.15, 0.2) is 5.96 Å². The fourth-order valence-corrected chi connectivity index (χ4v) is 1.51. The number of benzene rings is 1. The van der Waals surface area contributed by atoms with Gasteiger partial charge in [-0.15, -0.1) is 0 Å². The molecule has 7 heteroatoms. The highest BCUT2D eigenvalue weighted by Crippen LogP contribution is 2.14. The molecule has 1 aromatic rings. The predicted molar refractivity (Wildman–Crippen MR) is 87.3 cm³/mol. The molecule has 0 atom stereocenters. The van der Waals surface area contributed by atoms with Crippen LogP contribution in [0.4, 0.5) is 10.5 Å². The number of carbonyl (C=O) groups is 1. The Labute approximate surface area is 130 Å². The Kier molecular flexibility index (Phi) is 6.49. The second-order valence-electron chi connectivity index (χ2n) is 5.55. The summed E-state index contributed by atoms with van der Waals surface area (Å²) in [4.78, 5) is 15.5. The standard InChI is InChI=1S/C15H24N4O3/c1-15(2,3)22-14(20)18-10-9-17-13(16)19-11-5-7-12(21-4)8-6-11/h5-8H,9-10H2,1-4H3,(H,18,20)(H3,16,17,19). The van der Waals surface area contributed by atoms with E-state index >= 15 is 0 Å². The van der Waals surface area contributed by atoms with E-state index < -0.39 is 11.7 Å². The van der Waals surface area contributed by atoms with Gasteiger partial charge in [0, 0.05) is 12.2 Å². The van der Waals surface area contributed by atoms with E-state index in [2.05, 4.69) is 15.6 Å². The Morgan fingerprint density at radius 2 is 1.91 bits per heavy atom. The zero-order chi connectivity index (χ0) is 16.6. The third kappa shape index (κ3) is 7.37. The van der Waals surface area contributed by atoms with Crippen molar-refractivity contribution in [2.45, 2.75) is 26.4 Å². The third-order valence-corrected chi connectivity index (χ3v) is 2.42. The van der Waals surface area contributed by atoms with E-state index in [1.807, 2.05) is 45.0 Å². The topological polar surface area (TPSA) is 98.0 Å². The van der Waals surface area contributed by atoms with Gasteiger partial charge in [-0.2, -0.15) is 0 Å². The number of nitrogens with zero attached hydrogens (tertiary/aromatic N) is 1. The molecule has 0 fully saturated rings. The lowest BCUT2D eigenvalue weighted by Gasteiger charge is -2.19. The van der Waals surface area contributed by atoms with Crippen molar-refractivity contribution in [2.24, 2.45) is 10.7 Å². The van der Waals surface area contributed by atoms with Gasteiger partial charge in [0.25, 0.3) is 0 Å². The number of hydrogen-bond acceptors (Lipinski definition) is 4. The summed E-state index contributed by atoms with van der Waals surface area (Å²) in [7, 11) is 1.61. The van der Waals surface area contributed by atoms with Gasteiger partial charge in [0.05, 0.1) is 13.7 Å². The lowest BCUT2D eigenvalue weighted by molar-refractivity contribution is 0.0529. The van der Waals surface area contributed by atoms with Crippen molar-refractivity contribution in [3.8, 4) is 5.75 Å². The molecular formula is C15H24N4O3. The predicted octanol–water partition coefficient (Wildman–Crippen LogP) is 1.95. The van der Waals surface area contributed by atoms with Crippen molar-refractivity contribution in [1.29, 1.82) is 0 Å². The molecule has 0 spiro atoms. The molecule has 0 unspecified atom stereocenters. The first-order valence-electron chi connectivity index (χ1n) is 6.98. The second kappa shape index (κ2) is 8.11. The van der Waals surface area contributed by atoms with Crippen LogP contribution in [0.2, 0.25) is 0 Å². The quantitative estimate of drug-likeness (QED) is 0.439. The van der Waals surface area contributed by atoms with Gasteiger partial charge in [0.1, 0.15) is 11.4 Å². The summed E-state index contributed by atoms with van der Waals surface area (Å²) in [5.74, 6) is 1.04. The number of aliphatic imine (C=N–C) groups is 1. The molecule has 1 rings (SSSR count). The number of carbonyl (C=O) groups excluding carboxylic acids is 1. The molecule has 7 nitrogen and oxygen atoms in total. The molecule has 0 saturated heterocycles. The van der Waals surface area contributed by atoms with Crippen molar-refractivity contribution in [3.05, 3.63) is 24.3 Å². The first-order valence-corrected chi connectivity index (χ1v) is 6.98. The lowest BCUT2D eigenvalue weighted by Crippen LogP contribution is -2.34. The van der Waals surface area contributed by atoms with Crippen molar-refractivity contribution >= 4 is 17.7 Å². The zero-order valence-electron chi connectivity index (χ0n) is 13.5. The largest absolute Gasteiger partial charge is 0.497 e. The number of hydrogen-bond donors (Lipinski definition) is 3. The van der Waals surface area contributed by atoms with E-state index in [4.69, 9.17) is 15.2 Å². The molecule has 4 N–H and O–H groups in total. The maximum atomic E-state index is 11.4. The fraction of sp³-hybridized carbons (Fsp3) is 0.467. The van der Waals surface area contributed by atoms with E-state index in [9.17, 15) is 4.79 Å². The van der Waals surface area contributed by atoms with E-state index in [1.165, 1.54) is 0 Å². The first kappa shape index (κ1) is 17.6. The zero-order valence-corrected chi connectivity index (χ0v) is 13.5. The summed E-state index contributed by atoms with van der Waals surface area (Å²) < 4.78 is 10.2. The number of methoxy groups -OCH3 is 1. The Morgan fingerprint density at radius 1 is 1.27 bits per heavy atom. The molecule has 0 heterocycles. The summed E-state index contributed by atoms with van der Waals surface area (Å²) in [6, 6.07) is 7.31. The highest BCUT2D eigenvalue weighted by Gasteiger charge is 2.15. The molecule has 0 aliphatic carbocycles. The maximum absolute atomic E-state index is 11.4. The van der Waals surface area contributed by atoms with Crippen LogP contribution >= 0.6 is 0 Å². The maximum Gasteiger partial charge on any atom is 0.407 e. The van der Waals surface area contributed by atoms with Crippen molar-refractivity contribution in [2.75, 3.05) is 25.5 Å². The van der Waals surface area contributed by atoms with Crippen molar-refractivity contribution in [1.82, 2.24) is 5.32 Å². The minimum atomic E-state index is -0.512. The average Bonchev–Trinajstić information content (AvgIpc) is 2.42. The highest BCUT2D eigenvalue weighted by atomic mass is 16.6. The van der Waals surface area contributed by atoms with Gasteiger partial charge in [-0.1, -0.05) is 0 Å². The molecule has 0 radical (unpaired) electrons. The lowest BCUT2D eigenvalue weighted by atomic mass is 10.2. The smallest absolute Gasteiger partial charge is 0.407 e. The van der Waals surface area contributed by atoms with Crippen molar-refractivity contribution < 1.29 is 14.3 Å². The SMILES string of the molecule is COc1ccc(NC(N)=NCCNC(=O)OC(C)(C)C)cc1. The number of alkyl carbamates (subject to hydrolysis) is 1. The van der Waals surface area contributed by atoms with Gasteiger partial charge in [-0.05, 0) is 45.0 Å². The van der Waals surface area contributed by atoms with Gasteiger partial charge < -0.3 is 25.8 Å². The number of guanidine groups is 1. The monoisotopic (exact) mass is 308 g/mol. The second-order valence-corrected chi connectivity index (χ2v) is 5.55. The van der Waals surface area contributed by atoms with E-state index in [0.29, 0.717) is 13.1 Å². The van der Waals surface area contributed by atoms with Crippen LogP contribution in [0.25, 0.3) is 0 Å². The summed E-state index contributed by atoms with van der Waals surface area (Å²) in [6.07, 6.45) is -0.468. The van der Waals surface area contributed by atoms with Crippen LogP contribution in [0.5, 0.6) is 5.75 Å². The molecule has 0 aromatic heterocycles. The first-order chi connectivity index (χ1) is 10.3.